The summed E-state index contributed by atoms with van der Waals surface area (Å²) in [4.78, 5) is 24.6. The van der Waals surface area contributed by atoms with Gasteiger partial charge >= 0.3 is 5.76 Å². The molecule has 2 aromatic carbocycles. The van der Waals surface area contributed by atoms with E-state index in [1.54, 1.807) is 18.2 Å². The maximum absolute atomic E-state index is 12.5. The molecule has 0 saturated carbocycles. The highest BCUT2D eigenvalue weighted by Gasteiger charge is 2.17. The summed E-state index contributed by atoms with van der Waals surface area (Å²) in [7, 11) is 0. The summed E-state index contributed by atoms with van der Waals surface area (Å²) >= 11 is 0. The van der Waals surface area contributed by atoms with Crippen molar-refractivity contribution in [3.63, 3.8) is 0 Å². The van der Waals surface area contributed by atoms with Gasteiger partial charge in [0.1, 0.15) is 16.9 Å². The van der Waals surface area contributed by atoms with Crippen LogP contribution in [-0.4, -0.2) is 21.6 Å². The molecule has 2 N–H and O–H groups in total. The van der Waals surface area contributed by atoms with E-state index >= 15 is 0 Å². The Bertz CT molecular complexity index is 1080. The number of rotatable bonds is 2. The maximum atomic E-state index is 12.5. The van der Waals surface area contributed by atoms with Crippen LogP contribution in [0.25, 0.3) is 11.0 Å². The van der Waals surface area contributed by atoms with Gasteiger partial charge in [0.25, 0.3) is 5.56 Å². The van der Waals surface area contributed by atoms with Crippen LogP contribution in [0.1, 0.15) is 5.56 Å². The van der Waals surface area contributed by atoms with E-state index in [0.29, 0.717) is 17.1 Å². The van der Waals surface area contributed by atoms with Gasteiger partial charge in [-0.2, -0.15) is 0 Å². The van der Waals surface area contributed by atoms with Crippen molar-refractivity contribution in [1.82, 2.24) is 4.57 Å². The van der Waals surface area contributed by atoms with Crippen molar-refractivity contribution in [1.29, 1.82) is 0 Å². The SMILES string of the molecule is O=c1oc2cc(O)cc(O)c2c(=O)n1Cc1ccc2c(c1)OCO2. The highest BCUT2D eigenvalue weighted by molar-refractivity contribution is 5.83. The van der Waals surface area contributed by atoms with E-state index in [4.69, 9.17) is 13.9 Å². The third kappa shape index (κ3) is 2.16. The van der Waals surface area contributed by atoms with Crippen LogP contribution in [0.15, 0.2) is 44.3 Å². The van der Waals surface area contributed by atoms with Crippen molar-refractivity contribution in [2.24, 2.45) is 0 Å². The Balaban J connectivity index is 1.85. The van der Waals surface area contributed by atoms with Crippen molar-refractivity contribution in [3.05, 3.63) is 56.8 Å². The molecule has 1 aliphatic rings. The number of hydrogen-bond donors (Lipinski definition) is 2. The molecule has 0 spiro atoms. The first-order valence-corrected chi connectivity index (χ1v) is 7.01. The fraction of sp³-hybridized carbons (Fsp3) is 0.125. The second kappa shape index (κ2) is 5.05. The number of benzene rings is 2. The quantitative estimate of drug-likeness (QED) is 0.725. The highest BCUT2D eigenvalue weighted by atomic mass is 16.7. The van der Waals surface area contributed by atoms with E-state index in [1.807, 2.05) is 0 Å². The number of ether oxygens (including phenoxy) is 2. The monoisotopic (exact) mass is 329 g/mol. The predicted octanol–water partition coefficient (Wildman–Crippen LogP) is 1.14. The van der Waals surface area contributed by atoms with E-state index < -0.39 is 17.1 Å². The average molecular weight is 329 g/mol. The van der Waals surface area contributed by atoms with Gasteiger partial charge < -0.3 is 24.1 Å². The van der Waals surface area contributed by atoms with Gasteiger partial charge in [0.05, 0.1) is 6.54 Å². The Labute approximate surface area is 133 Å². The van der Waals surface area contributed by atoms with E-state index in [1.165, 1.54) is 0 Å². The number of fused-ring (bicyclic) bond motifs is 2. The van der Waals surface area contributed by atoms with Gasteiger partial charge in [0.2, 0.25) is 6.79 Å². The molecule has 24 heavy (non-hydrogen) atoms. The molecule has 0 aliphatic carbocycles. The van der Waals surface area contributed by atoms with Crippen molar-refractivity contribution in [2.75, 3.05) is 6.79 Å². The summed E-state index contributed by atoms with van der Waals surface area (Å²) in [5.74, 6) is -0.548. The van der Waals surface area contributed by atoms with E-state index in [2.05, 4.69) is 0 Å². The van der Waals surface area contributed by atoms with Crippen molar-refractivity contribution < 1.29 is 24.1 Å². The minimum atomic E-state index is -0.893. The zero-order chi connectivity index (χ0) is 16.8. The Morgan fingerprint density at radius 2 is 1.83 bits per heavy atom. The van der Waals surface area contributed by atoms with Crippen molar-refractivity contribution in [2.45, 2.75) is 6.54 Å². The molecule has 4 rings (SSSR count). The van der Waals surface area contributed by atoms with Crippen LogP contribution in [0.4, 0.5) is 0 Å². The molecule has 122 valence electrons. The van der Waals surface area contributed by atoms with E-state index in [-0.39, 0.29) is 30.1 Å². The second-order valence-electron chi connectivity index (χ2n) is 5.28. The molecule has 0 radical (unpaired) electrons. The minimum absolute atomic E-state index is 0.0614. The molecule has 1 aromatic heterocycles. The summed E-state index contributed by atoms with van der Waals surface area (Å²) in [5.41, 5.74) is -0.257. The van der Waals surface area contributed by atoms with Crippen molar-refractivity contribution >= 4 is 11.0 Å². The van der Waals surface area contributed by atoms with Crippen LogP contribution in [-0.2, 0) is 6.54 Å². The van der Waals surface area contributed by atoms with Crippen LogP contribution in [0.5, 0.6) is 23.0 Å². The Morgan fingerprint density at radius 1 is 1.04 bits per heavy atom. The summed E-state index contributed by atoms with van der Waals surface area (Å²) in [6.45, 7) is 0.0578. The van der Waals surface area contributed by atoms with Gasteiger partial charge in [-0.15, -0.1) is 0 Å². The number of phenolic OH excluding ortho intramolecular Hbond substituents is 2. The van der Waals surface area contributed by atoms with Gasteiger partial charge in [0.15, 0.2) is 17.1 Å². The molecular weight excluding hydrogens is 318 g/mol. The Hall–Kier alpha value is -3.42. The lowest BCUT2D eigenvalue weighted by atomic mass is 10.2. The Morgan fingerprint density at radius 3 is 2.67 bits per heavy atom. The van der Waals surface area contributed by atoms with Gasteiger partial charge in [-0.3, -0.25) is 4.79 Å². The zero-order valence-electron chi connectivity index (χ0n) is 12.2. The number of nitrogens with zero attached hydrogens (tertiary/aromatic N) is 1. The molecule has 0 amide bonds. The molecule has 8 nitrogen and oxygen atoms in total. The largest absolute Gasteiger partial charge is 0.508 e. The molecule has 0 atom stereocenters. The first-order valence-electron chi connectivity index (χ1n) is 7.01. The minimum Gasteiger partial charge on any atom is -0.508 e. The van der Waals surface area contributed by atoms with Gasteiger partial charge in [-0.05, 0) is 17.7 Å². The lowest BCUT2D eigenvalue weighted by Gasteiger charge is -2.07. The standard InChI is InChI=1S/C16H11NO7/c18-9-4-10(19)14-13(5-9)24-16(21)17(15(14)20)6-8-1-2-11-12(3-8)23-7-22-11/h1-5,18-19H,6-7H2. The smallest absolute Gasteiger partial charge is 0.422 e. The van der Waals surface area contributed by atoms with Crippen LogP contribution in [0.2, 0.25) is 0 Å². The predicted molar refractivity (Wildman–Crippen MR) is 81.7 cm³/mol. The Kier molecular flexibility index (Phi) is 2.99. The van der Waals surface area contributed by atoms with Crippen LogP contribution < -0.4 is 20.8 Å². The normalized spacial score (nSPS) is 12.7. The second-order valence-corrected chi connectivity index (χ2v) is 5.28. The summed E-state index contributed by atoms with van der Waals surface area (Å²) in [5, 5.41) is 19.1. The summed E-state index contributed by atoms with van der Waals surface area (Å²) in [6.07, 6.45) is 0. The zero-order valence-corrected chi connectivity index (χ0v) is 12.2. The van der Waals surface area contributed by atoms with Crippen LogP contribution >= 0.6 is 0 Å². The van der Waals surface area contributed by atoms with Gasteiger partial charge in [-0.1, -0.05) is 6.07 Å². The van der Waals surface area contributed by atoms with Gasteiger partial charge in [-0.25, -0.2) is 9.36 Å². The lowest BCUT2D eigenvalue weighted by Crippen LogP contribution is -2.32. The number of phenols is 2. The first kappa shape index (κ1) is 14.2. The molecule has 0 saturated heterocycles. The van der Waals surface area contributed by atoms with E-state index in [9.17, 15) is 19.8 Å². The molecule has 8 heteroatoms. The lowest BCUT2D eigenvalue weighted by molar-refractivity contribution is 0.174. The average Bonchev–Trinajstić information content (AvgIpc) is 2.98. The van der Waals surface area contributed by atoms with Crippen molar-refractivity contribution in [3.8, 4) is 23.0 Å². The fourth-order valence-corrected chi connectivity index (χ4v) is 2.61. The third-order valence-corrected chi connectivity index (χ3v) is 3.72. The van der Waals surface area contributed by atoms with Gasteiger partial charge in [0, 0.05) is 12.1 Å². The summed E-state index contributed by atoms with van der Waals surface area (Å²) in [6, 6.07) is 7.15. The molecule has 0 unspecified atom stereocenters. The highest BCUT2D eigenvalue weighted by Crippen LogP contribution is 2.32. The summed E-state index contributed by atoms with van der Waals surface area (Å²) < 4.78 is 16.4. The number of hydrogen-bond acceptors (Lipinski definition) is 7. The molecule has 1 aliphatic heterocycles. The molecule has 2 heterocycles. The van der Waals surface area contributed by atoms with E-state index in [0.717, 1.165) is 16.7 Å². The maximum Gasteiger partial charge on any atom is 0.422 e. The topological polar surface area (TPSA) is 111 Å². The molecular formula is C16H11NO7. The molecule has 0 bridgehead atoms. The third-order valence-electron chi connectivity index (χ3n) is 3.72. The van der Waals surface area contributed by atoms with Crippen LogP contribution in [0, 0.1) is 0 Å². The number of aromatic hydroxyl groups is 2. The molecule has 3 aromatic rings. The first-order chi connectivity index (χ1) is 11.5. The van der Waals surface area contributed by atoms with Crippen LogP contribution in [0.3, 0.4) is 0 Å². The number of aromatic nitrogens is 1. The fourth-order valence-electron chi connectivity index (χ4n) is 2.61. The molecule has 0 fully saturated rings.